The highest BCUT2D eigenvalue weighted by Crippen LogP contribution is 2.27. The van der Waals surface area contributed by atoms with Crippen LogP contribution in [0.1, 0.15) is 53.4 Å². The van der Waals surface area contributed by atoms with E-state index in [0.717, 1.165) is 12.8 Å². The Morgan fingerprint density at radius 1 is 1.21 bits per heavy atom. The van der Waals surface area contributed by atoms with E-state index in [2.05, 4.69) is 10.6 Å². The third-order valence-electron chi connectivity index (χ3n) is 4.37. The molecule has 0 fully saturated rings. The molecule has 0 bridgehead atoms. The van der Waals surface area contributed by atoms with E-state index in [0.29, 0.717) is 0 Å². The van der Waals surface area contributed by atoms with Crippen LogP contribution in [0.3, 0.4) is 0 Å². The zero-order valence-corrected chi connectivity index (χ0v) is 15.0. The summed E-state index contributed by atoms with van der Waals surface area (Å²) in [5.74, 6) is -1.82. The molecule has 0 aliphatic carbocycles. The molecule has 24 heavy (non-hydrogen) atoms. The fraction of sp³-hybridized carbons (Fsp3) is 0.812. The molecular weight excluding hydrogens is 312 g/mol. The summed E-state index contributed by atoms with van der Waals surface area (Å²) in [6.07, 6.45) is 0.866. The van der Waals surface area contributed by atoms with E-state index >= 15 is 0 Å². The smallest absolute Gasteiger partial charge is 0.303 e. The molecule has 0 aromatic rings. The van der Waals surface area contributed by atoms with Crippen molar-refractivity contribution in [1.29, 1.82) is 5.41 Å². The molecule has 8 nitrogen and oxygen atoms in total. The summed E-state index contributed by atoms with van der Waals surface area (Å²) in [5, 5.41) is 32.4. The largest absolute Gasteiger partial charge is 0.481 e. The first-order chi connectivity index (χ1) is 11.1. The second-order valence-electron chi connectivity index (χ2n) is 6.22. The highest BCUT2D eigenvalue weighted by atomic mass is 16.4. The van der Waals surface area contributed by atoms with E-state index in [1.165, 1.54) is 6.92 Å². The minimum atomic E-state index is -0.965. The van der Waals surface area contributed by atoms with Crippen LogP contribution in [0, 0.1) is 17.2 Å². The molecule has 0 saturated carbocycles. The molecule has 140 valence electrons. The molecule has 0 radical (unpaired) electrons. The fourth-order valence-electron chi connectivity index (χ4n) is 3.29. The Morgan fingerprint density at radius 2 is 1.75 bits per heavy atom. The molecular formula is C16H32N4O4. The molecule has 0 saturated heterocycles. The number of nitrogens with one attached hydrogen (secondary N) is 3. The van der Waals surface area contributed by atoms with Crippen LogP contribution < -0.4 is 16.4 Å². The first-order valence-corrected chi connectivity index (χ1v) is 8.41. The lowest BCUT2D eigenvalue weighted by Crippen LogP contribution is -2.57. The van der Waals surface area contributed by atoms with Gasteiger partial charge in [-0.3, -0.25) is 15.0 Å². The van der Waals surface area contributed by atoms with Crippen molar-refractivity contribution in [2.75, 3.05) is 0 Å². The van der Waals surface area contributed by atoms with Gasteiger partial charge in [0, 0.05) is 31.3 Å². The topological polar surface area (TPSA) is 149 Å². The molecule has 0 aromatic heterocycles. The Hall–Kier alpha value is -1.83. The number of carbonyl (C=O) groups excluding carboxylic acids is 1. The standard InChI is InChI=1S/C16H32N4O4/c1-5-11(6-2)15(19-10(4)22)14(9(3)21)12(20-16(17)18)7-8-13(23)24/h9,11-12,14-15,21H,5-8H2,1-4H3,(H,19,22)(H,23,24)(H4,17,18,20)/t9?,12?,14-,15?/m1/s1. The Labute approximate surface area is 143 Å². The van der Waals surface area contributed by atoms with Gasteiger partial charge >= 0.3 is 5.97 Å². The minimum Gasteiger partial charge on any atom is -0.481 e. The van der Waals surface area contributed by atoms with Gasteiger partial charge in [0.15, 0.2) is 5.96 Å². The molecule has 0 aromatic carbocycles. The number of hydrogen-bond donors (Lipinski definition) is 6. The van der Waals surface area contributed by atoms with Crippen LogP contribution in [0.2, 0.25) is 0 Å². The highest BCUT2D eigenvalue weighted by molar-refractivity contribution is 5.75. The summed E-state index contributed by atoms with van der Waals surface area (Å²) in [6, 6.07) is -0.876. The molecule has 0 rings (SSSR count). The number of amides is 1. The molecule has 0 spiro atoms. The van der Waals surface area contributed by atoms with E-state index < -0.39 is 24.0 Å². The Bertz CT molecular complexity index is 424. The summed E-state index contributed by atoms with van der Waals surface area (Å²) < 4.78 is 0. The van der Waals surface area contributed by atoms with Gasteiger partial charge in [0.25, 0.3) is 0 Å². The van der Waals surface area contributed by atoms with Crippen molar-refractivity contribution in [2.24, 2.45) is 17.6 Å². The normalized spacial score (nSPS) is 16.1. The summed E-state index contributed by atoms with van der Waals surface area (Å²) >= 11 is 0. The lowest BCUT2D eigenvalue weighted by atomic mass is 9.77. The van der Waals surface area contributed by atoms with E-state index in [1.54, 1.807) is 6.92 Å². The van der Waals surface area contributed by atoms with Crippen molar-refractivity contribution < 1.29 is 19.8 Å². The van der Waals surface area contributed by atoms with Crippen molar-refractivity contribution in [3.63, 3.8) is 0 Å². The average Bonchev–Trinajstić information content (AvgIpc) is 2.44. The number of aliphatic carboxylic acids is 1. The first kappa shape index (κ1) is 22.2. The van der Waals surface area contributed by atoms with Crippen molar-refractivity contribution in [3.8, 4) is 0 Å². The van der Waals surface area contributed by atoms with Gasteiger partial charge in [0.1, 0.15) is 0 Å². The predicted molar refractivity (Wildman–Crippen MR) is 92.6 cm³/mol. The Balaban J connectivity index is 5.67. The maximum absolute atomic E-state index is 11.7. The van der Waals surface area contributed by atoms with Crippen LogP contribution in [0.25, 0.3) is 0 Å². The van der Waals surface area contributed by atoms with Crippen LogP contribution in [0.5, 0.6) is 0 Å². The fourth-order valence-corrected chi connectivity index (χ4v) is 3.29. The van der Waals surface area contributed by atoms with E-state index in [-0.39, 0.29) is 36.7 Å². The average molecular weight is 344 g/mol. The number of carboxylic acids is 1. The van der Waals surface area contributed by atoms with Gasteiger partial charge in [0.2, 0.25) is 5.91 Å². The molecule has 8 heteroatoms. The Kier molecular flexibility index (Phi) is 10.0. The lowest BCUT2D eigenvalue weighted by molar-refractivity contribution is -0.137. The zero-order chi connectivity index (χ0) is 18.9. The number of hydrogen-bond acceptors (Lipinski definition) is 4. The Morgan fingerprint density at radius 3 is 2.08 bits per heavy atom. The van der Waals surface area contributed by atoms with Crippen LogP contribution in [0.4, 0.5) is 0 Å². The third kappa shape index (κ3) is 7.63. The number of carbonyl (C=O) groups is 2. The predicted octanol–water partition coefficient (Wildman–Crippen LogP) is 0.641. The summed E-state index contributed by atoms with van der Waals surface area (Å²) in [7, 11) is 0. The van der Waals surface area contributed by atoms with Crippen molar-refractivity contribution in [1.82, 2.24) is 10.6 Å². The number of nitrogens with two attached hydrogens (primary N) is 1. The van der Waals surface area contributed by atoms with E-state index in [1.807, 2.05) is 13.8 Å². The molecule has 0 heterocycles. The van der Waals surface area contributed by atoms with Crippen molar-refractivity contribution in [2.45, 2.75) is 71.6 Å². The van der Waals surface area contributed by atoms with Crippen molar-refractivity contribution in [3.05, 3.63) is 0 Å². The van der Waals surface area contributed by atoms with Gasteiger partial charge in [-0.15, -0.1) is 0 Å². The molecule has 3 unspecified atom stereocenters. The van der Waals surface area contributed by atoms with Gasteiger partial charge in [-0.2, -0.15) is 0 Å². The first-order valence-electron chi connectivity index (χ1n) is 8.41. The number of aliphatic hydroxyl groups excluding tert-OH is 1. The number of carboxylic acid groups (broad SMARTS) is 1. The van der Waals surface area contributed by atoms with Gasteiger partial charge < -0.3 is 26.6 Å². The molecule has 0 aliphatic rings. The molecule has 7 N–H and O–H groups in total. The zero-order valence-electron chi connectivity index (χ0n) is 15.0. The SMILES string of the molecule is CCC(CC)C(NC(C)=O)[C@H](C(C)O)C(CCC(=O)O)NC(=N)N. The van der Waals surface area contributed by atoms with E-state index in [4.69, 9.17) is 16.2 Å². The monoisotopic (exact) mass is 344 g/mol. The quantitative estimate of drug-likeness (QED) is 0.239. The van der Waals surface area contributed by atoms with Crippen LogP contribution >= 0.6 is 0 Å². The minimum absolute atomic E-state index is 0.120. The molecule has 4 atom stereocenters. The summed E-state index contributed by atoms with van der Waals surface area (Å²) in [4.78, 5) is 22.6. The summed E-state index contributed by atoms with van der Waals surface area (Å²) in [5.41, 5.74) is 5.44. The maximum Gasteiger partial charge on any atom is 0.303 e. The summed E-state index contributed by atoms with van der Waals surface area (Å²) in [6.45, 7) is 7.04. The number of guanidine groups is 1. The van der Waals surface area contributed by atoms with Crippen LogP contribution in [-0.2, 0) is 9.59 Å². The van der Waals surface area contributed by atoms with Crippen LogP contribution in [0.15, 0.2) is 0 Å². The maximum atomic E-state index is 11.7. The number of aliphatic hydroxyl groups is 1. The number of rotatable bonds is 11. The second-order valence-corrected chi connectivity index (χ2v) is 6.22. The van der Waals surface area contributed by atoms with Gasteiger partial charge in [0.05, 0.1) is 6.10 Å². The van der Waals surface area contributed by atoms with Gasteiger partial charge in [-0.05, 0) is 19.3 Å². The third-order valence-corrected chi connectivity index (χ3v) is 4.37. The van der Waals surface area contributed by atoms with Gasteiger partial charge in [-0.25, -0.2) is 0 Å². The second kappa shape index (κ2) is 10.9. The van der Waals surface area contributed by atoms with E-state index in [9.17, 15) is 14.7 Å². The highest BCUT2D eigenvalue weighted by Gasteiger charge is 2.37. The molecule has 1 amide bonds. The van der Waals surface area contributed by atoms with Crippen molar-refractivity contribution >= 4 is 17.8 Å². The van der Waals surface area contributed by atoms with Crippen LogP contribution in [-0.4, -0.2) is 46.2 Å². The van der Waals surface area contributed by atoms with Gasteiger partial charge in [-0.1, -0.05) is 26.7 Å². The lowest BCUT2D eigenvalue weighted by Gasteiger charge is -2.40. The molecule has 0 aliphatic heterocycles.